The highest BCUT2D eigenvalue weighted by Gasteiger charge is 2.43. The summed E-state index contributed by atoms with van der Waals surface area (Å²) >= 11 is 0. The van der Waals surface area contributed by atoms with Crippen molar-refractivity contribution in [3.63, 3.8) is 0 Å². The second-order valence-electron chi connectivity index (χ2n) is 4.40. The van der Waals surface area contributed by atoms with Crippen molar-refractivity contribution in [2.45, 2.75) is 38.6 Å². The first-order chi connectivity index (χ1) is 7.52. The summed E-state index contributed by atoms with van der Waals surface area (Å²) in [6.07, 6.45) is -5.46. The molecule has 0 saturated carbocycles. The minimum atomic E-state index is -4.61. The van der Waals surface area contributed by atoms with Crippen molar-refractivity contribution in [3.8, 4) is 0 Å². The van der Waals surface area contributed by atoms with Gasteiger partial charge in [-0.25, -0.2) is 0 Å². The van der Waals surface area contributed by atoms with Crippen molar-refractivity contribution in [2.24, 2.45) is 16.8 Å². The van der Waals surface area contributed by atoms with Gasteiger partial charge in [0.25, 0.3) is 0 Å². The highest BCUT2D eigenvalue weighted by Crippen LogP contribution is 2.26. The molecule has 0 fully saturated rings. The molecule has 8 heteroatoms. The lowest BCUT2D eigenvalue weighted by Gasteiger charge is -2.31. The van der Waals surface area contributed by atoms with Crippen molar-refractivity contribution in [2.75, 3.05) is 6.54 Å². The summed E-state index contributed by atoms with van der Waals surface area (Å²) in [5.41, 5.74) is 4.08. The molecule has 0 aliphatic heterocycles. The van der Waals surface area contributed by atoms with Crippen molar-refractivity contribution in [1.29, 1.82) is 0 Å². The van der Waals surface area contributed by atoms with Crippen molar-refractivity contribution >= 4 is 5.84 Å². The van der Waals surface area contributed by atoms with Gasteiger partial charge in [-0.15, -0.1) is 0 Å². The molecular weight excluding hydrogens is 239 g/mol. The molecule has 0 aliphatic rings. The smallest absolute Gasteiger partial charge is 0.400 e. The summed E-state index contributed by atoms with van der Waals surface area (Å²) < 4.78 is 37.7. The van der Waals surface area contributed by atoms with E-state index in [4.69, 9.17) is 10.9 Å². The summed E-state index contributed by atoms with van der Waals surface area (Å²) in [5, 5.41) is 22.5. The maximum absolute atomic E-state index is 12.6. The maximum Gasteiger partial charge on any atom is 0.400 e. The normalized spacial score (nSPS) is 17.9. The number of hydrogen-bond donors (Lipinski definition) is 4. The fourth-order valence-electron chi connectivity index (χ4n) is 0.970. The van der Waals surface area contributed by atoms with Crippen LogP contribution in [0.25, 0.3) is 0 Å². The number of nitrogens with one attached hydrogen (secondary N) is 1. The predicted molar refractivity (Wildman–Crippen MR) is 56.7 cm³/mol. The lowest BCUT2D eigenvalue weighted by atomic mass is 9.97. The zero-order chi connectivity index (χ0) is 13.9. The summed E-state index contributed by atoms with van der Waals surface area (Å²) in [6.45, 7) is 3.99. The summed E-state index contributed by atoms with van der Waals surface area (Å²) in [6, 6.07) is 0. The molecular formula is C9H18F3N3O2. The van der Waals surface area contributed by atoms with Crippen molar-refractivity contribution in [1.82, 2.24) is 5.32 Å². The number of hydrogen-bond acceptors (Lipinski definition) is 4. The fourth-order valence-corrected chi connectivity index (χ4v) is 0.970. The average Bonchev–Trinajstić information content (AvgIpc) is 2.14. The van der Waals surface area contributed by atoms with E-state index in [9.17, 15) is 18.3 Å². The monoisotopic (exact) mass is 257 g/mol. The van der Waals surface area contributed by atoms with E-state index in [2.05, 4.69) is 10.5 Å². The summed E-state index contributed by atoms with van der Waals surface area (Å²) in [5.74, 6) is -3.00. The molecule has 5 N–H and O–H groups in total. The van der Waals surface area contributed by atoms with Gasteiger partial charge in [0.05, 0.1) is 6.10 Å². The lowest BCUT2D eigenvalue weighted by molar-refractivity contribution is -0.156. The number of nitrogens with two attached hydrogens (primary N) is 1. The van der Waals surface area contributed by atoms with Crippen LogP contribution in [0.15, 0.2) is 5.16 Å². The Morgan fingerprint density at radius 3 is 2.18 bits per heavy atom. The first-order valence-corrected chi connectivity index (χ1v) is 4.99. The number of oxime groups is 1. The topological polar surface area (TPSA) is 90.9 Å². The second kappa shape index (κ2) is 5.54. The van der Waals surface area contributed by atoms with E-state index in [1.807, 2.05) is 0 Å². The zero-order valence-electron chi connectivity index (χ0n) is 9.91. The number of alkyl halides is 3. The highest BCUT2D eigenvalue weighted by atomic mass is 19.4. The van der Waals surface area contributed by atoms with Crippen LogP contribution < -0.4 is 11.1 Å². The Kier molecular flexibility index (Phi) is 5.21. The third-order valence-corrected chi connectivity index (χ3v) is 2.67. The van der Waals surface area contributed by atoms with Gasteiger partial charge in [-0.1, -0.05) is 5.16 Å². The molecule has 0 aromatic carbocycles. The van der Waals surface area contributed by atoms with E-state index in [1.165, 1.54) is 6.92 Å². The van der Waals surface area contributed by atoms with Gasteiger partial charge in [0, 0.05) is 12.1 Å². The summed E-state index contributed by atoms with van der Waals surface area (Å²) in [4.78, 5) is 0. The van der Waals surface area contributed by atoms with Gasteiger partial charge in [0.2, 0.25) is 0 Å². The van der Waals surface area contributed by atoms with Gasteiger partial charge in [-0.3, -0.25) is 0 Å². The molecule has 2 atom stereocenters. The minimum Gasteiger partial charge on any atom is -0.409 e. The van der Waals surface area contributed by atoms with Crippen LogP contribution >= 0.6 is 0 Å². The largest absolute Gasteiger partial charge is 0.409 e. The molecule has 0 heterocycles. The van der Waals surface area contributed by atoms with E-state index in [-0.39, 0.29) is 0 Å². The molecule has 0 aromatic rings. The number of aliphatic hydroxyl groups is 1. The lowest BCUT2D eigenvalue weighted by Crippen LogP contribution is -2.53. The van der Waals surface area contributed by atoms with Crippen LogP contribution in [-0.4, -0.2) is 40.5 Å². The Labute approximate surface area is 97.5 Å². The average molecular weight is 257 g/mol. The van der Waals surface area contributed by atoms with Gasteiger partial charge in [0.15, 0.2) is 5.84 Å². The Morgan fingerprint density at radius 1 is 1.41 bits per heavy atom. The van der Waals surface area contributed by atoms with Crippen LogP contribution in [0.1, 0.15) is 20.8 Å². The van der Waals surface area contributed by atoms with Gasteiger partial charge in [-0.05, 0) is 20.8 Å². The molecule has 0 bridgehead atoms. The Morgan fingerprint density at radius 2 is 1.88 bits per heavy atom. The Hall–Kier alpha value is -1.02. The Balaban J connectivity index is 4.70. The van der Waals surface area contributed by atoms with E-state index in [1.54, 1.807) is 13.8 Å². The molecule has 0 aromatic heterocycles. The molecule has 17 heavy (non-hydrogen) atoms. The zero-order valence-corrected chi connectivity index (χ0v) is 9.91. The van der Waals surface area contributed by atoms with Crippen LogP contribution in [0.3, 0.4) is 0 Å². The van der Waals surface area contributed by atoms with Crippen LogP contribution in [0.5, 0.6) is 0 Å². The van der Waals surface area contributed by atoms with Gasteiger partial charge >= 0.3 is 6.18 Å². The van der Waals surface area contributed by atoms with Crippen molar-refractivity contribution < 1.29 is 23.5 Å². The van der Waals surface area contributed by atoms with Gasteiger partial charge < -0.3 is 21.4 Å². The number of halogens is 3. The van der Waals surface area contributed by atoms with Crippen LogP contribution in [0.2, 0.25) is 0 Å². The molecule has 0 rings (SSSR count). The minimum absolute atomic E-state index is 0.572. The molecule has 5 nitrogen and oxygen atoms in total. The van der Waals surface area contributed by atoms with E-state index >= 15 is 0 Å². The molecule has 0 aliphatic carbocycles. The molecule has 2 unspecified atom stereocenters. The first kappa shape index (κ1) is 16.0. The van der Waals surface area contributed by atoms with Crippen LogP contribution in [0, 0.1) is 5.92 Å². The SMILES string of the molecule is CC(O)C(C)(C)NCC(C(N)=NO)C(F)(F)F. The van der Waals surface area contributed by atoms with E-state index in [0.717, 1.165) is 0 Å². The summed E-state index contributed by atoms with van der Waals surface area (Å²) in [7, 11) is 0. The number of nitrogens with zero attached hydrogens (tertiary/aromatic N) is 1. The molecule has 0 spiro atoms. The third kappa shape index (κ3) is 4.78. The third-order valence-electron chi connectivity index (χ3n) is 2.67. The fraction of sp³-hybridized carbons (Fsp3) is 0.889. The maximum atomic E-state index is 12.6. The second-order valence-corrected chi connectivity index (χ2v) is 4.40. The van der Waals surface area contributed by atoms with Gasteiger partial charge in [-0.2, -0.15) is 13.2 Å². The standard InChI is InChI=1S/C9H18F3N3O2/c1-5(16)8(2,3)14-4-6(7(13)15-17)9(10,11)12/h5-6,14,16-17H,4H2,1-3H3,(H2,13,15). The molecule has 0 saturated heterocycles. The number of amidine groups is 1. The van der Waals surface area contributed by atoms with Gasteiger partial charge in [0.1, 0.15) is 5.92 Å². The Bertz CT molecular complexity index is 277. The van der Waals surface area contributed by atoms with Crippen LogP contribution in [0.4, 0.5) is 13.2 Å². The molecule has 102 valence electrons. The number of aliphatic hydroxyl groups excluding tert-OH is 1. The van der Waals surface area contributed by atoms with E-state index < -0.39 is 36.1 Å². The van der Waals surface area contributed by atoms with E-state index in [0.29, 0.717) is 0 Å². The molecule has 0 amide bonds. The van der Waals surface area contributed by atoms with Crippen molar-refractivity contribution in [3.05, 3.63) is 0 Å². The quantitative estimate of drug-likeness (QED) is 0.252. The predicted octanol–water partition coefficient (Wildman–Crippen LogP) is 0.660. The highest BCUT2D eigenvalue weighted by molar-refractivity contribution is 5.83. The molecule has 0 radical (unpaired) electrons. The first-order valence-electron chi connectivity index (χ1n) is 4.99. The number of rotatable bonds is 5. The van der Waals surface area contributed by atoms with Crippen LogP contribution in [-0.2, 0) is 0 Å².